The number of aromatic amines is 1. The molecule has 0 saturated carbocycles. The topological polar surface area (TPSA) is 97.5 Å². The second-order valence-electron chi connectivity index (χ2n) is 5.93. The maximum Gasteiger partial charge on any atom is 0.355 e. The van der Waals surface area contributed by atoms with Gasteiger partial charge in [-0.05, 0) is 79.6 Å². The van der Waals surface area contributed by atoms with E-state index < -0.39 is 24.5 Å². The standard InChI is InChI=1S/C19H21IN2O5/c1-5-26-18(24)16-11(3)17(21-12(16)4)19(25)27-9-15(23)22-14-7-6-13(20)8-10(14)2/h6-8,21H,5,9H2,1-4H3,(H,22,23). The molecule has 0 bridgehead atoms. The molecule has 0 spiro atoms. The van der Waals surface area contributed by atoms with Gasteiger partial charge in [0.05, 0.1) is 12.2 Å². The summed E-state index contributed by atoms with van der Waals surface area (Å²) < 4.78 is 11.1. The number of amides is 1. The number of aryl methyl sites for hydroxylation is 2. The summed E-state index contributed by atoms with van der Waals surface area (Å²) in [5.74, 6) is -1.66. The highest BCUT2D eigenvalue weighted by Gasteiger charge is 2.24. The lowest BCUT2D eigenvalue weighted by molar-refractivity contribution is -0.119. The fourth-order valence-electron chi connectivity index (χ4n) is 2.62. The summed E-state index contributed by atoms with van der Waals surface area (Å²) in [5.41, 5.74) is 2.96. The van der Waals surface area contributed by atoms with Crippen LogP contribution in [0.1, 0.15) is 44.6 Å². The number of esters is 2. The fourth-order valence-corrected chi connectivity index (χ4v) is 3.27. The zero-order valence-corrected chi connectivity index (χ0v) is 17.7. The van der Waals surface area contributed by atoms with Gasteiger partial charge in [0.2, 0.25) is 0 Å². The van der Waals surface area contributed by atoms with Crippen LogP contribution in [0.5, 0.6) is 0 Å². The summed E-state index contributed by atoms with van der Waals surface area (Å²) in [7, 11) is 0. The smallest absolute Gasteiger partial charge is 0.355 e. The Morgan fingerprint density at radius 1 is 1.11 bits per heavy atom. The van der Waals surface area contributed by atoms with Crippen LogP contribution in [0.25, 0.3) is 0 Å². The molecule has 0 saturated heterocycles. The minimum atomic E-state index is -0.708. The molecule has 144 valence electrons. The van der Waals surface area contributed by atoms with Crippen molar-refractivity contribution in [3.8, 4) is 0 Å². The lowest BCUT2D eigenvalue weighted by Crippen LogP contribution is -2.21. The van der Waals surface area contributed by atoms with Gasteiger partial charge in [0.1, 0.15) is 5.69 Å². The molecule has 2 rings (SSSR count). The van der Waals surface area contributed by atoms with E-state index in [9.17, 15) is 14.4 Å². The third kappa shape index (κ3) is 5.09. The number of benzene rings is 1. The highest BCUT2D eigenvalue weighted by Crippen LogP contribution is 2.20. The van der Waals surface area contributed by atoms with Crippen molar-refractivity contribution >= 4 is 46.1 Å². The van der Waals surface area contributed by atoms with Crippen molar-refractivity contribution in [1.29, 1.82) is 0 Å². The highest BCUT2D eigenvalue weighted by atomic mass is 127. The summed E-state index contributed by atoms with van der Waals surface area (Å²) in [6.45, 7) is 6.69. The van der Waals surface area contributed by atoms with Gasteiger partial charge < -0.3 is 19.8 Å². The average molecular weight is 484 g/mol. The molecule has 2 aromatic rings. The number of hydrogen-bond acceptors (Lipinski definition) is 5. The first-order chi connectivity index (χ1) is 12.7. The third-order valence-electron chi connectivity index (χ3n) is 3.92. The minimum absolute atomic E-state index is 0.133. The molecule has 0 aliphatic rings. The van der Waals surface area contributed by atoms with Crippen LogP contribution in [-0.2, 0) is 14.3 Å². The van der Waals surface area contributed by atoms with Crippen molar-refractivity contribution in [3.05, 3.63) is 49.8 Å². The normalized spacial score (nSPS) is 10.4. The van der Waals surface area contributed by atoms with Crippen LogP contribution in [-0.4, -0.2) is 36.0 Å². The molecule has 8 heteroatoms. The van der Waals surface area contributed by atoms with Crippen LogP contribution < -0.4 is 5.32 Å². The molecule has 0 aliphatic carbocycles. The summed E-state index contributed by atoms with van der Waals surface area (Å²) in [6, 6.07) is 5.60. The number of ether oxygens (including phenoxy) is 2. The van der Waals surface area contributed by atoms with E-state index in [-0.39, 0.29) is 12.3 Å². The maximum absolute atomic E-state index is 12.3. The van der Waals surface area contributed by atoms with Crippen molar-refractivity contribution in [1.82, 2.24) is 4.98 Å². The van der Waals surface area contributed by atoms with Crippen molar-refractivity contribution in [3.63, 3.8) is 0 Å². The van der Waals surface area contributed by atoms with E-state index in [1.54, 1.807) is 26.8 Å². The number of anilines is 1. The van der Waals surface area contributed by atoms with Crippen molar-refractivity contribution in [2.24, 2.45) is 0 Å². The van der Waals surface area contributed by atoms with Gasteiger partial charge >= 0.3 is 11.9 Å². The van der Waals surface area contributed by atoms with E-state index in [1.807, 2.05) is 19.1 Å². The second-order valence-corrected chi connectivity index (χ2v) is 7.17. The molecular weight excluding hydrogens is 463 g/mol. The zero-order chi connectivity index (χ0) is 20.1. The third-order valence-corrected chi connectivity index (χ3v) is 4.59. The van der Waals surface area contributed by atoms with E-state index in [0.29, 0.717) is 22.5 Å². The average Bonchev–Trinajstić information content (AvgIpc) is 2.90. The molecule has 27 heavy (non-hydrogen) atoms. The van der Waals surface area contributed by atoms with E-state index >= 15 is 0 Å². The first-order valence-corrected chi connectivity index (χ1v) is 9.41. The second kappa shape index (κ2) is 9.03. The van der Waals surface area contributed by atoms with Crippen molar-refractivity contribution in [2.75, 3.05) is 18.5 Å². The minimum Gasteiger partial charge on any atom is -0.462 e. The van der Waals surface area contributed by atoms with Gasteiger partial charge in [-0.1, -0.05) is 0 Å². The van der Waals surface area contributed by atoms with Gasteiger partial charge in [-0.2, -0.15) is 0 Å². The number of aromatic nitrogens is 1. The van der Waals surface area contributed by atoms with Gasteiger partial charge in [0.15, 0.2) is 6.61 Å². The van der Waals surface area contributed by atoms with Crippen LogP contribution in [0, 0.1) is 24.3 Å². The van der Waals surface area contributed by atoms with Crippen LogP contribution in [0.4, 0.5) is 5.69 Å². The molecule has 1 heterocycles. The number of carbonyl (C=O) groups excluding carboxylic acids is 3. The molecule has 1 amide bonds. The molecule has 0 radical (unpaired) electrons. The Morgan fingerprint density at radius 2 is 1.81 bits per heavy atom. The molecule has 2 N–H and O–H groups in total. The van der Waals surface area contributed by atoms with E-state index in [4.69, 9.17) is 9.47 Å². The molecule has 7 nitrogen and oxygen atoms in total. The van der Waals surface area contributed by atoms with Crippen LogP contribution in [0.15, 0.2) is 18.2 Å². The number of H-pyrrole nitrogens is 1. The lowest BCUT2D eigenvalue weighted by Gasteiger charge is -2.09. The summed E-state index contributed by atoms with van der Waals surface area (Å²) in [6.07, 6.45) is 0. The number of hydrogen-bond donors (Lipinski definition) is 2. The molecule has 0 aliphatic heterocycles. The molecule has 0 fully saturated rings. The van der Waals surface area contributed by atoms with Crippen molar-refractivity contribution < 1.29 is 23.9 Å². The molecule has 1 aromatic carbocycles. The fraction of sp³-hybridized carbons (Fsp3) is 0.316. The van der Waals surface area contributed by atoms with Crippen LogP contribution in [0.2, 0.25) is 0 Å². The summed E-state index contributed by atoms with van der Waals surface area (Å²) in [4.78, 5) is 39.2. The van der Waals surface area contributed by atoms with E-state index in [2.05, 4.69) is 32.9 Å². The van der Waals surface area contributed by atoms with E-state index in [0.717, 1.165) is 9.13 Å². The Bertz CT molecular complexity index is 888. The predicted molar refractivity (Wildman–Crippen MR) is 109 cm³/mol. The number of halogens is 1. The Hall–Kier alpha value is -2.36. The largest absolute Gasteiger partial charge is 0.462 e. The zero-order valence-electron chi connectivity index (χ0n) is 15.6. The highest BCUT2D eigenvalue weighted by molar-refractivity contribution is 14.1. The van der Waals surface area contributed by atoms with Gasteiger partial charge in [-0.25, -0.2) is 9.59 Å². The molecular formula is C19H21IN2O5. The van der Waals surface area contributed by atoms with E-state index in [1.165, 1.54) is 0 Å². The number of carbonyl (C=O) groups is 3. The predicted octanol–water partition coefficient (Wildman–Crippen LogP) is 3.52. The van der Waals surface area contributed by atoms with Crippen LogP contribution >= 0.6 is 22.6 Å². The van der Waals surface area contributed by atoms with Gasteiger partial charge in [0.25, 0.3) is 5.91 Å². The number of rotatable bonds is 6. The molecule has 1 aromatic heterocycles. The SMILES string of the molecule is CCOC(=O)c1c(C)[nH]c(C(=O)OCC(=O)Nc2ccc(I)cc2C)c1C. The Balaban J connectivity index is 2.02. The maximum atomic E-state index is 12.3. The quantitative estimate of drug-likeness (QED) is 0.483. The Labute approximate surface area is 171 Å². The Morgan fingerprint density at radius 3 is 2.44 bits per heavy atom. The molecule has 0 atom stereocenters. The van der Waals surface area contributed by atoms with Gasteiger partial charge in [-0.3, -0.25) is 4.79 Å². The summed E-state index contributed by atoms with van der Waals surface area (Å²) >= 11 is 2.19. The van der Waals surface area contributed by atoms with Gasteiger partial charge in [0, 0.05) is 15.0 Å². The number of nitrogens with one attached hydrogen (secondary N) is 2. The lowest BCUT2D eigenvalue weighted by atomic mass is 10.1. The first-order valence-electron chi connectivity index (χ1n) is 8.34. The van der Waals surface area contributed by atoms with Crippen LogP contribution in [0.3, 0.4) is 0 Å². The first kappa shape index (κ1) is 20.9. The summed E-state index contributed by atoms with van der Waals surface area (Å²) in [5, 5.41) is 2.71. The van der Waals surface area contributed by atoms with Crippen molar-refractivity contribution in [2.45, 2.75) is 27.7 Å². The molecule has 0 unspecified atom stereocenters. The monoisotopic (exact) mass is 484 g/mol. The van der Waals surface area contributed by atoms with Gasteiger partial charge in [-0.15, -0.1) is 0 Å². The Kier molecular flexibility index (Phi) is 7.00.